The van der Waals surface area contributed by atoms with Crippen LogP contribution in [0.25, 0.3) is 21.8 Å². The third kappa shape index (κ3) is 3.86. The Hall–Kier alpha value is -4.44. The van der Waals surface area contributed by atoms with Crippen LogP contribution in [-0.2, 0) is 6.54 Å². The highest BCUT2D eigenvalue weighted by Gasteiger charge is 2.35. The number of nitrogens with zero attached hydrogens (tertiary/aromatic N) is 5. The lowest BCUT2D eigenvalue weighted by Gasteiger charge is -2.17. The zero-order valence-corrected chi connectivity index (χ0v) is 20.5. The van der Waals surface area contributed by atoms with Gasteiger partial charge >= 0.3 is 0 Å². The maximum absolute atomic E-state index is 13.6. The van der Waals surface area contributed by atoms with E-state index in [2.05, 4.69) is 25.6 Å². The number of nitrogens with one attached hydrogen (secondary N) is 2. The molecule has 1 atom stereocenters. The molecule has 6 rings (SSSR count). The number of aromatic hydroxyl groups is 1. The van der Waals surface area contributed by atoms with Gasteiger partial charge in [0, 0.05) is 41.7 Å². The molecule has 1 unspecified atom stereocenters. The van der Waals surface area contributed by atoms with Gasteiger partial charge in [0.05, 0.1) is 23.8 Å². The van der Waals surface area contributed by atoms with Crippen LogP contribution >= 0.6 is 11.6 Å². The van der Waals surface area contributed by atoms with E-state index in [0.29, 0.717) is 47.1 Å². The molecule has 2 amide bonds. The molecule has 1 aliphatic rings. The fourth-order valence-electron chi connectivity index (χ4n) is 4.84. The van der Waals surface area contributed by atoms with Crippen molar-refractivity contribution in [2.75, 3.05) is 22.6 Å². The number of benzene rings is 2. The number of alkyl halides is 1. The van der Waals surface area contributed by atoms with Crippen molar-refractivity contribution >= 4 is 56.6 Å². The Balaban J connectivity index is 1.31. The van der Waals surface area contributed by atoms with Crippen molar-refractivity contribution in [1.29, 1.82) is 0 Å². The van der Waals surface area contributed by atoms with Gasteiger partial charge in [-0.1, -0.05) is 29.5 Å². The van der Waals surface area contributed by atoms with Crippen molar-refractivity contribution in [2.45, 2.75) is 19.4 Å². The number of carbonyl (C=O) groups is 2. The number of rotatable bonds is 5. The van der Waals surface area contributed by atoms with E-state index in [1.807, 2.05) is 31.2 Å². The molecular weight excluding hydrogens is 494 g/mol. The molecular formula is C26H22ClN7O3. The summed E-state index contributed by atoms with van der Waals surface area (Å²) in [7, 11) is 0. The molecule has 2 aromatic carbocycles. The first-order valence-corrected chi connectivity index (χ1v) is 12.3. The van der Waals surface area contributed by atoms with Gasteiger partial charge in [0.15, 0.2) is 5.69 Å². The first kappa shape index (κ1) is 23.0. The van der Waals surface area contributed by atoms with Crippen LogP contribution in [0.3, 0.4) is 0 Å². The Morgan fingerprint density at radius 2 is 2.03 bits per heavy atom. The number of aromatic amines is 1. The van der Waals surface area contributed by atoms with Crippen LogP contribution in [0.4, 0.5) is 11.4 Å². The van der Waals surface area contributed by atoms with Gasteiger partial charge in [-0.2, -0.15) is 0 Å². The molecule has 0 bridgehead atoms. The molecule has 0 aliphatic carbocycles. The number of H-pyrrole nitrogens is 1. The second kappa shape index (κ2) is 8.90. The van der Waals surface area contributed by atoms with Crippen molar-refractivity contribution in [2.24, 2.45) is 0 Å². The zero-order valence-electron chi connectivity index (χ0n) is 19.8. The van der Waals surface area contributed by atoms with E-state index in [1.54, 1.807) is 34.0 Å². The molecule has 4 heterocycles. The quantitative estimate of drug-likeness (QED) is 0.300. The van der Waals surface area contributed by atoms with E-state index in [0.717, 1.165) is 16.3 Å². The SMILES string of the molecule is CCn1cc(C(=O)Nc2cnc3[nH]c(C(=O)N4CC(CCl)c5c4cc(O)c4ccccc54)cc3c2)nn1. The van der Waals surface area contributed by atoms with Crippen molar-refractivity contribution in [1.82, 2.24) is 25.0 Å². The number of halogens is 1. The van der Waals surface area contributed by atoms with Gasteiger partial charge in [-0.15, -0.1) is 16.7 Å². The minimum absolute atomic E-state index is 0.0684. The third-order valence-electron chi connectivity index (χ3n) is 6.63. The lowest BCUT2D eigenvalue weighted by Crippen LogP contribution is -2.30. The maximum atomic E-state index is 13.6. The predicted octanol–water partition coefficient (Wildman–Crippen LogP) is 4.27. The molecule has 3 N–H and O–H groups in total. The van der Waals surface area contributed by atoms with E-state index in [4.69, 9.17) is 11.6 Å². The number of carbonyl (C=O) groups excluding carboxylic acids is 2. The summed E-state index contributed by atoms with van der Waals surface area (Å²) in [6.07, 6.45) is 3.07. The highest BCUT2D eigenvalue weighted by Crippen LogP contribution is 2.45. The Kier molecular flexibility index (Phi) is 5.53. The largest absolute Gasteiger partial charge is 0.507 e. The number of pyridine rings is 1. The zero-order chi connectivity index (χ0) is 25.7. The van der Waals surface area contributed by atoms with E-state index in [1.165, 1.54) is 6.20 Å². The summed E-state index contributed by atoms with van der Waals surface area (Å²) < 4.78 is 1.56. The van der Waals surface area contributed by atoms with Crippen molar-refractivity contribution in [3.63, 3.8) is 0 Å². The minimum atomic E-state index is -0.402. The number of phenols is 1. The standard InChI is InChI=1S/C26H22ClN7O3/c1-2-33-13-20(31-32-33)25(36)29-16-7-14-8-19(30-24(14)28-11-16)26(37)34-12-15(10-27)23-18-6-4-3-5-17(18)22(35)9-21(23)34/h3-9,11,13,15,35H,2,10,12H2,1H3,(H,28,30)(H,29,36). The fraction of sp³-hybridized carbons (Fsp3) is 0.192. The normalized spacial score (nSPS) is 14.9. The number of aromatic nitrogens is 5. The second-order valence-corrected chi connectivity index (χ2v) is 9.21. The van der Waals surface area contributed by atoms with Crippen molar-refractivity contribution in [3.05, 3.63) is 71.8 Å². The van der Waals surface area contributed by atoms with Crippen LogP contribution in [0.2, 0.25) is 0 Å². The van der Waals surface area contributed by atoms with E-state index in [9.17, 15) is 14.7 Å². The summed E-state index contributed by atoms with van der Waals surface area (Å²) in [4.78, 5) is 35.2. The lowest BCUT2D eigenvalue weighted by atomic mass is 9.95. The summed E-state index contributed by atoms with van der Waals surface area (Å²) in [5.41, 5.74) is 3.11. The first-order valence-electron chi connectivity index (χ1n) is 11.8. The maximum Gasteiger partial charge on any atom is 0.277 e. The van der Waals surface area contributed by atoms with Crippen LogP contribution in [0, 0.1) is 0 Å². The molecule has 186 valence electrons. The molecule has 0 radical (unpaired) electrons. The van der Waals surface area contributed by atoms with Gasteiger partial charge in [-0.3, -0.25) is 14.3 Å². The number of amides is 2. The van der Waals surface area contributed by atoms with Gasteiger partial charge in [0.2, 0.25) is 0 Å². The van der Waals surface area contributed by atoms with E-state index >= 15 is 0 Å². The molecule has 0 spiro atoms. The lowest BCUT2D eigenvalue weighted by molar-refractivity contribution is 0.0982. The third-order valence-corrected chi connectivity index (χ3v) is 7.00. The molecule has 1 aliphatic heterocycles. The fourth-order valence-corrected chi connectivity index (χ4v) is 5.09. The number of phenolic OH excluding ortho intramolecular Hbond substituents is 1. The number of anilines is 2. The number of fused-ring (bicyclic) bond motifs is 4. The molecule has 0 saturated carbocycles. The second-order valence-electron chi connectivity index (χ2n) is 8.90. The highest BCUT2D eigenvalue weighted by molar-refractivity contribution is 6.19. The first-order chi connectivity index (χ1) is 18.0. The summed E-state index contributed by atoms with van der Waals surface area (Å²) in [5, 5.41) is 23.4. The topological polar surface area (TPSA) is 129 Å². The van der Waals surface area contributed by atoms with Gasteiger partial charge in [0.25, 0.3) is 11.8 Å². The highest BCUT2D eigenvalue weighted by atomic mass is 35.5. The Labute approximate surface area is 215 Å². The van der Waals surface area contributed by atoms with E-state index in [-0.39, 0.29) is 23.3 Å². The van der Waals surface area contributed by atoms with Crippen LogP contribution in [0.5, 0.6) is 5.75 Å². The molecule has 37 heavy (non-hydrogen) atoms. The minimum Gasteiger partial charge on any atom is -0.507 e. The van der Waals surface area contributed by atoms with Crippen molar-refractivity contribution in [3.8, 4) is 5.75 Å². The number of aryl methyl sites for hydroxylation is 1. The van der Waals surface area contributed by atoms with Crippen LogP contribution in [0.1, 0.15) is 39.4 Å². The molecule has 5 aromatic rings. The van der Waals surface area contributed by atoms with E-state index < -0.39 is 5.91 Å². The van der Waals surface area contributed by atoms with Crippen LogP contribution < -0.4 is 10.2 Å². The molecule has 3 aromatic heterocycles. The van der Waals surface area contributed by atoms with Crippen LogP contribution in [-0.4, -0.2) is 54.3 Å². The van der Waals surface area contributed by atoms with Gasteiger partial charge < -0.3 is 20.3 Å². The Morgan fingerprint density at radius 1 is 1.22 bits per heavy atom. The molecule has 10 nitrogen and oxygen atoms in total. The van der Waals surface area contributed by atoms with Crippen molar-refractivity contribution < 1.29 is 14.7 Å². The monoisotopic (exact) mass is 515 g/mol. The average molecular weight is 516 g/mol. The molecule has 0 fully saturated rings. The Bertz CT molecular complexity index is 1690. The summed E-state index contributed by atoms with van der Waals surface area (Å²) in [6.45, 7) is 2.91. The number of hydrogen-bond acceptors (Lipinski definition) is 6. The van der Waals surface area contributed by atoms with Gasteiger partial charge in [0.1, 0.15) is 17.1 Å². The summed E-state index contributed by atoms with van der Waals surface area (Å²) in [5.74, 6) is -0.278. The Morgan fingerprint density at radius 3 is 2.78 bits per heavy atom. The molecule has 11 heteroatoms. The van der Waals surface area contributed by atoms with Crippen LogP contribution in [0.15, 0.2) is 54.9 Å². The summed E-state index contributed by atoms with van der Waals surface area (Å²) in [6, 6.07) is 12.6. The smallest absolute Gasteiger partial charge is 0.277 e. The van der Waals surface area contributed by atoms with Gasteiger partial charge in [-0.05, 0) is 30.0 Å². The van der Waals surface area contributed by atoms with Gasteiger partial charge in [-0.25, -0.2) is 4.98 Å². The summed E-state index contributed by atoms with van der Waals surface area (Å²) >= 11 is 6.31. The number of hydrogen-bond donors (Lipinski definition) is 3. The average Bonchev–Trinajstić information content (AvgIpc) is 3.65. The predicted molar refractivity (Wildman–Crippen MR) is 140 cm³/mol. The molecule has 0 saturated heterocycles.